The van der Waals surface area contributed by atoms with Gasteiger partial charge in [0.2, 0.25) is 10.0 Å². The summed E-state index contributed by atoms with van der Waals surface area (Å²) in [6.45, 7) is 5.02. The third kappa shape index (κ3) is 4.59. The van der Waals surface area contributed by atoms with Gasteiger partial charge >= 0.3 is 0 Å². The number of methoxy groups -OCH3 is 2. The Morgan fingerprint density at radius 1 is 1.29 bits per heavy atom. The summed E-state index contributed by atoms with van der Waals surface area (Å²) < 4.78 is 36.9. The van der Waals surface area contributed by atoms with E-state index < -0.39 is 10.0 Å². The van der Waals surface area contributed by atoms with Crippen molar-refractivity contribution >= 4 is 15.7 Å². The molecule has 0 heterocycles. The van der Waals surface area contributed by atoms with E-state index in [4.69, 9.17) is 15.2 Å². The number of benzene rings is 1. The van der Waals surface area contributed by atoms with Gasteiger partial charge in [-0.05, 0) is 24.1 Å². The van der Waals surface area contributed by atoms with Crippen LogP contribution < -0.4 is 10.5 Å². The molecule has 0 atom stereocenters. The van der Waals surface area contributed by atoms with Crippen LogP contribution in [0.3, 0.4) is 0 Å². The van der Waals surface area contributed by atoms with E-state index in [2.05, 4.69) is 0 Å². The first-order chi connectivity index (χ1) is 9.82. The lowest BCUT2D eigenvalue weighted by molar-refractivity contribution is 0.175. The zero-order valence-corrected chi connectivity index (χ0v) is 13.8. The summed E-state index contributed by atoms with van der Waals surface area (Å²) in [5.41, 5.74) is 6.10. The van der Waals surface area contributed by atoms with Gasteiger partial charge in [0.25, 0.3) is 0 Å². The number of ether oxygens (including phenoxy) is 2. The number of nitrogens with zero attached hydrogens (tertiary/aromatic N) is 1. The molecular weight excluding hydrogens is 292 g/mol. The standard InChI is InChI=1S/C14H24N2O4S/c1-11(2)10-16(7-8-19-3)21(17,18)12-5-6-14(20-4)13(15)9-12/h5-6,9,11H,7-8,10,15H2,1-4H3. The van der Waals surface area contributed by atoms with Crippen molar-refractivity contribution < 1.29 is 17.9 Å². The van der Waals surface area contributed by atoms with Gasteiger partial charge in [-0.25, -0.2) is 8.42 Å². The number of rotatable bonds is 8. The smallest absolute Gasteiger partial charge is 0.243 e. The van der Waals surface area contributed by atoms with Crippen LogP contribution >= 0.6 is 0 Å². The van der Waals surface area contributed by atoms with Gasteiger partial charge in [0.1, 0.15) is 5.75 Å². The fraction of sp³-hybridized carbons (Fsp3) is 0.571. The highest BCUT2D eigenvalue weighted by Crippen LogP contribution is 2.26. The maximum absolute atomic E-state index is 12.7. The Balaban J connectivity index is 3.12. The van der Waals surface area contributed by atoms with Crippen LogP contribution in [0.5, 0.6) is 5.75 Å². The number of nitrogen functional groups attached to an aromatic ring is 1. The molecule has 7 heteroatoms. The average Bonchev–Trinajstić information content (AvgIpc) is 2.42. The molecular formula is C14H24N2O4S. The van der Waals surface area contributed by atoms with Crippen molar-refractivity contribution in [3.63, 3.8) is 0 Å². The van der Waals surface area contributed by atoms with Crippen molar-refractivity contribution in [1.82, 2.24) is 4.31 Å². The molecule has 0 aliphatic rings. The van der Waals surface area contributed by atoms with E-state index in [1.165, 1.54) is 23.5 Å². The molecule has 0 aromatic heterocycles. The predicted octanol–water partition coefficient (Wildman–Crippen LogP) is 1.57. The summed E-state index contributed by atoms with van der Waals surface area (Å²) in [7, 11) is -0.561. The Labute approximate surface area is 126 Å². The second kappa shape index (κ2) is 7.63. The lowest BCUT2D eigenvalue weighted by Crippen LogP contribution is -2.36. The topological polar surface area (TPSA) is 81.9 Å². The van der Waals surface area contributed by atoms with E-state index in [-0.39, 0.29) is 10.8 Å². The summed E-state index contributed by atoms with van der Waals surface area (Å²) in [5.74, 6) is 0.675. The van der Waals surface area contributed by atoms with Gasteiger partial charge in [-0.2, -0.15) is 4.31 Å². The van der Waals surface area contributed by atoms with E-state index in [0.717, 1.165) is 0 Å². The Kier molecular flexibility index (Phi) is 6.44. The maximum atomic E-state index is 12.7. The number of nitrogens with two attached hydrogens (primary N) is 1. The van der Waals surface area contributed by atoms with Gasteiger partial charge in [0, 0.05) is 20.2 Å². The Bertz CT molecular complexity index is 558. The van der Waals surface area contributed by atoms with Crippen LogP contribution in [0.2, 0.25) is 0 Å². The van der Waals surface area contributed by atoms with Crippen LogP contribution in [-0.4, -0.2) is 46.6 Å². The molecule has 0 saturated heterocycles. The van der Waals surface area contributed by atoms with E-state index in [0.29, 0.717) is 31.1 Å². The average molecular weight is 316 g/mol. The van der Waals surface area contributed by atoms with Crippen LogP contribution in [0.25, 0.3) is 0 Å². The fourth-order valence-electron chi connectivity index (χ4n) is 1.93. The number of hydrogen-bond acceptors (Lipinski definition) is 5. The first-order valence-corrected chi connectivity index (χ1v) is 8.19. The van der Waals surface area contributed by atoms with Gasteiger partial charge in [-0.1, -0.05) is 13.8 Å². The Morgan fingerprint density at radius 2 is 1.95 bits per heavy atom. The first-order valence-electron chi connectivity index (χ1n) is 6.75. The fourth-order valence-corrected chi connectivity index (χ4v) is 3.56. The quantitative estimate of drug-likeness (QED) is 0.736. The maximum Gasteiger partial charge on any atom is 0.243 e. The van der Waals surface area contributed by atoms with E-state index >= 15 is 0 Å². The zero-order valence-electron chi connectivity index (χ0n) is 13.0. The predicted molar refractivity (Wildman–Crippen MR) is 82.9 cm³/mol. The van der Waals surface area contributed by atoms with Gasteiger partial charge in [-0.3, -0.25) is 0 Å². The number of sulfonamides is 1. The zero-order chi connectivity index (χ0) is 16.0. The van der Waals surface area contributed by atoms with E-state index in [1.54, 1.807) is 13.2 Å². The molecule has 0 aliphatic carbocycles. The highest BCUT2D eigenvalue weighted by atomic mass is 32.2. The SMILES string of the molecule is COCCN(CC(C)C)S(=O)(=O)c1ccc(OC)c(N)c1. The molecule has 0 amide bonds. The van der Waals surface area contributed by atoms with Gasteiger partial charge in [-0.15, -0.1) is 0 Å². The third-order valence-corrected chi connectivity index (χ3v) is 4.81. The minimum Gasteiger partial charge on any atom is -0.495 e. The van der Waals surface area contributed by atoms with Crippen molar-refractivity contribution in [2.45, 2.75) is 18.7 Å². The highest BCUT2D eigenvalue weighted by Gasteiger charge is 2.25. The molecule has 1 aromatic carbocycles. The van der Waals surface area contributed by atoms with Crippen molar-refractivity contribution in [2.24, 2.45) is 5.92 Å². The lowest BCUT2D eigenvalue weighted by Gasteiger charge is -2.24. The lowest BCUT2D eigenvalue weighted by atomic mass is 10.2. The van der Waals surface area contributed by atoms with Gasteiger partial charge in [0.05, 0.1) is 24.3 Å². The molecule has 1 rings (SSSR count). The van der Waals surface area contributed by atoms with Gasteiger partial charge in [0.15, 0.2) is 0 Å². The summed E-state index contributed by atoms with van der Waals surface area (Å²) in [4.78, 5) is 0.164. The van der Waals surface area contributed by atoms with Crippen LogP contribution in [0.4, 0.5) is 5.69 Å². The largest absolute Gasteiger partial charge is 0.495 e. The van der Waals surface area contributed by atoms with Gasteiger partial charge < -0.3 is 15.2 Å². The molecule has 0 saturated carbocycles. The first kappa shape index (κ1) is 17.7. The molecule has 0 bridgehead atoms. The van der Waals surface area contributed by atoms with Crippen LogP contribution in [0, 0.1) is 5.92 Å². The monoisotopic (exact) mass is 316 g/mol. The minimum atomic E-state index is -3.60. The molecule has 0 radical (unpaired) electrons. The molecule has 120 valence electrons. The molecule has 0 aliphatic heterocycles. The molecule has 1 aromatic rings. The molecule has 0 spiro atoms. The van der Waals surface area contributed by atoms with Crippen molar-refractivity contribution in [2.75, 3.05) is 39.6 Å². The van der Waals surface area contributed by atoms with Crippen LogP contribution in [-0.2, 0) is 14.8 Å². The minimum absolute atomic E-state index is 0.164. The summed E-state index contributed by atoms with van der Waals surface area (Å²) in [6.07, 6.45) is 0. The third-order valence-electron chi connectivity index (χ3n) is 2.95. The molecule has 0 fully saturated rings. The highest BCUT2D eigenvalue weighted by molar-refractivity contribution is 7.89. The summed E-state index contributed by atoms with van der Waals surface area (Å²) in [5, 5.41) is 0. The van der Waals surface area contributed by atoms with E-state index in [9.17, 15) is 8.42 Å². The van der Waals surface area contributed by atoms with Crippen LogP contribution in [0.1, 0.15) is 13.8 Å². The van der Waals surface area contributed by atoms with Crippen molar-refractivity contribution in [3.05, 3.63) is 18.2 Å². The molecule has 0 unspecified atom stereocenters. The molecule has 2 N–H and O–H groups in total. The van der Waals surface area contributed by atoms with E-state index in [1.807, 2.05) is 13.8 Å². The number of hydrogen-bond donors (Lipinski definition) is 1. The summed E-state index contributed by atoms with van der Waals surface area (Å²) >= 11 is 0. The second-order valence-corrected chi connectivity index (χ2v) is 7.09. The molecule has 21 heavy (non-hydrogen) atoms. The Morgan fingerprint density at radius 3 is 2.43 bits per heavy atom. The normalized spacial score (nSPS) is 12.1. The van der Waals surface area contributed by atoms with Crippen molar-refractivity contribution in [3.8, 4) is 5.75 Å². The van der Waals surface area contributed by atoms with Crippen molar-refractivity contribution in [1.29, 1.82) is 0 Å². The van der Waals surface area contributed by atoms with Crippen LogP contribution in [0.15, 0.2) is 23.1 Å². The molecule has 6 nitrogen and oxygen atoms in total. The second-order valence-electron chi connectivity index (χ2n) is 5.15. The number of anilines is 1. The summed E-state index contributed by atoms with van der Waals surface area (Å²) in [6, 6.07) is 4.49. The Hall–Kier alpha value is -1.31.